The highest BCUT2D eigenvalue weighted by Gasteiger charge is 2.50. The smallest absolute Gasteiger partial charge is 0.260 e. The Kier molecular flexibility index (Phi) is 4.62. The molecule has 2 unspecified atom stereocenters. The zero-order chi connectivity index (χ0) is 17.4. The molecule has 0 saturated carbocycles. The summed E-state index contributed by atoms with van der Waals surface area (Å²) in [5.74, 6) is 1.68. The lowest BCUT2D eigenvalue weighted by molar-refractivity contribution is -0.124. The molecule has 2 heterocycles. The molecule has 0 radical (unpaired) electrons. The molecule has 3 rings (SSSR count). The van der Waals surface area contributed by atoms with Crippen LogP contribution in [-0.4, -0.2) is 49.3 Å². The highest BCUT2D eigenvalue weighted by molar-refractivity contribution is 7.99. The van der Waals surface area contributed by atoms with Crippen LogP contribution in [0.5, 0.6) is 11.5 Å². The molecule has 2 aliphatic rings. The Hall–Kier alpha value is -1.89. The first kappa shape index (κ1) is 17.0. The first-order valence-electron chi connectivity index (χ1n) is 7.96. The molecular weight excluding hydrogens is 328 g/mol. The maximum absolute atomic E-state index is 13.0. The summed E-state index contributed by atoms with van der Waals surface area (Å²) in [6.07, 6.45) is 0. The number of thioether (sulfide) groups is 1. The SMILES string of the molecule is COc1ccc2c(c1OC)C(=O)N1C(C(=O)NCC(C)C)CSC21. The molecule has 1 fully saturated rings. The van der Waals surface area contributed by atoms with Crippen LogP contribution in [0.25, 0.3) is 0 Å². The van der Waals surface area contributed by atoms with E-state index in [4.69, 9.17) is 9.47 Å². The van der Waals surface area contributed by atoms with E-state index in [1.165, 1.54) is 7.11 Å². The quantitative estimate of drug-likeness (QED) is 0.880. The van der Waals surface area contributed by atoms with E-state index in [1.807, 2.05) is 19.9 Å². The van der Waals surface area contributed by atoms with Crippen molar-refractivity contribution in [1.82, 2.24) is 10.2 Å². The normalized spacial score (nSPS) is 21.7. The number of nitrogens with zero attached hydrogens (tertiary/aromatic N) is 1. The average Bonchev–Trinajstić information content (AvgIpc) is 3.12. The van der Waals surface area contributed by atoms with Crippen molar-refractivity contribution < 1.29 is 19.1 Å². The molecule has 7 heteroatoms. The van der Waals surface area contributed by atoms with Crippen LogP contribution in [0.4, 0.5) is 0 Å². The second-order valence-corrected chi connectivity index (χ2v) is 7.43. The average molecular weight is 350 g/mol. The van der Waals surface area contributed by atoms with Gasteiger partial charge in [0.1, 0.15) is 11.4 Å². The Labute approximate surface area is 145 Å². The predicted octanol–water partition coefficient (Wildman–Crippen LogP) is 2.05. The maximum atomic E-state index is 13.0. The van der Waals surface area contributed by atoms with Gasteiger partial charge in [0.25, 0.3) is 5.91 Å². The summed E-state index contributed by atoms with van der Waals surface area (Å²) in [7, 11) is 3.07. The Balaban J connectivity index is 1.91. The standard InChI is InChI=1S/C17H22N2O4S/c1-9(2)7-18-15(20)11-8-24-17-10-5-6-12(22-3)14(23-4)13(10)16(21)19(11)17/h5-6,9,11,17H,7-8H2,1-4H3,(H,18,20). The van der Waals surface area contributed by atoms with Crippen LogP contribution in [0.2, 0.25) is 0 Å². The van der Waals surface area contributed by atoms with Gasteiger partial charge in [0.15, 0.2) is 11.5 Å². The number of rotatable bonds is 5. The summed E-state index contributed by atoms with van der Waals surface area (Å²) < 4.78 is 10.7. The molecule has 0 aromatic heterocycles. The molecule has 24 heavy (non-hydrogen) atoms. The number of nitrogens with one attached hydrogen (secondary N) is 1. The third-order valence-corrected chi connectivity index (χ3v) is 5.58. The molecule has 6 nitrogen and oxygen atoms in total. The summed E-state index contributed by atoms with van der Waals surface area (Å²) in [6.45, 7) is 4.69. The van der Waals surface area contributed by atoms with Gasteiger partial charge in [-0.05, 0) is 12.0 Å². The molecule has 1 aromatic rings. The summed E-state index contributed by atoms with van der Waals surface area (Å²) in [4.78, 5) is 27.1. The van der Waals surface area contributed by atoms with Crippen molar-refractivity contribution in [3.8, 4) is 11.5 Å². The number of ether oxygens (including phenoxy) is 2. The van der Waals surface area contributed by atoms with Gasteiger partial charge in [0.2, 0.25) is 5.91 Å². The van der Waals surface area contributed by atoms with Gasteiger partial charge in [0.05, 0.1) is 19.8 Å². The van der Waals surface area contributed by atoms with Crippen LogP contribution in [0.3, 0.4) is 0 Å². The summed E-state index contributed by atoms with van der Waals surface area (Å²) in [6, 6.07) is 3.25. The molecule has 1 aromatic carbocycles. The molecule has 2 aliphatic heterocycles. The Bertz CT molecular complexity index is 677. The molecule has 0 aliphatic carbocycles. The van der Waals surface area contributed by atoms with Gasteiger partial charge in [-0.15, -0.1) is 11.8 Å². The highest BCUT2D eigenvalue weighted by Crippen LogP contribution is 2.52. The number of benzene rings is 1. The van der Waals surface area contributed by atoms with Crippen molar-refractivity contribution in [1.29, 1.82) is 0 Å². The van der Waals surface area contributed by atoms with Gasteiger partial charge < -0.3 is 19.7 Å². The number of hydrogen-bond donors (Lipinski definition) is 1. The zero-order valence-corrected chi connectivity index (χ0v) is 15.1. The second kappa shape index (κ2) is 6.55. The van der Waals surface area contributed by atoms with E-state index in [-0.39, 0.29) is 17.2 Å². The van der Waals surface area contributed by atoms with Crippen LogP contribution in [0.1, 0.15) is 35.1 Å². The third-order valence-electron chi connectivity index (χ3n) is 4.28. The van der Waals surface area contributed by atoms with E-state index in [2.05, 4.69) is 5.32 Å². The number of methoxy groups -OCH3 is 2. The third kappa shape index (κ3) is 2.60. The molecule has 0 spiro atoms. The van der Waals surface area contributed by atoms with Gasteiger partial charge in [-0.1, -0.05) is 19.9 Å². The summed E-state index contributed by atoms with van der Waals surface area (Å²) >= 11 is 1.61. The lowest BCUT2D eigenvalue weighted by Gasteiger charge is -2.23. The largest absolute Gasteiger partial charge is 0.493 e. The van der Waals surface area contributed by atoms with Crippen LogP contribution < -0.4 is 14.8 Å². The van der Waals surface area contributed by atoms with Gasteiger partial charge in [-0.2, -0.15) is 0 Å². The first-order chi connectivity index (χ1) is 11.5. The van der Waals surface area contributed by atoms with E-state index in [1.54, 1.807) is 29.8 Å². The molecule has 0 bridgehead atoms. The Morgan fingerprint density at radius 1 is 1.38 bits per heavy atom. The fourth-order valence-corrected chi connectivity index (χ4v) is 4.57. The molecular formula is C17H22N2O4S. The molecule has 2 amide bonds. The predicted molar refractivity (Wildman–Crippen MR) is 92.6 cm³/mol. The topological polar surface area (TPSA) is 67.9 Å². The first-order valence-corrected chi connectivity index (χ1v) is 9.01. The lowest BCUT2D eigenvalue weighted by atomic mass is 10.1. The molecule has 130 valence electrons. The highest BCUT2D eigenvalue weighted by atomic mass is 32.2. The lowest BCUT2D eigenvalue weighted by Crippen LogP contribution is -2.46. The van der Waals surface area contributed by atoms with Crippen molar-refractivity contribution in [3.05, 3.63) is 23.3 Å². The van der Waals surface area contributed by atoms with Crippen LogP contribution >= 0.6 is 11.8 Å². The minimum absolute atomic E-state index is 0.0919. The van der Waals surface area contributed by atoms with E-state index >= 15 is 0 Å². The summed E-state index contributed by atoms with van der Waals surface area (Å²) in [5, 5.41) is 2.80. The van der Waals surface area contributed by atoms with Crippen molar-refractivity contribution in [2.75, 3.05) is 26.5 Å². The van der Waals surface area contributed by atoms with Crippen LogP contribution in [0, 0.1) is 5.92 Å². The number of hydrogen-bond acceptors (Lipinski definition) is 5. The molecule has 2 atom stereocenters. The fraction of sp³-hybridized carbons (Fsp3) is 0.529. The minimum Gasteiger partial charge on any atom is -0.493 e. The molecule has 1 N–H and O–H groups in total. The fourth-order valence-electron chi connectivity index (χ4n) is 3.12. The van der Waals surface area contributed by atoms with Crippen molar-refractivity contribution >= 4 is 23.6 Å². The van der Waals surface area contributed by atoms with Gasteiger partial charge in [-0.25, -0.2) is 0 Å². The Morgan fingerprint density at radius 3 is 2.75 bits per heavy atom. The number of carbonyl (C=O) groups excluding carboxylic acids is 2. The van der Waals surface area contributed by atoms with Crippen LogP contribution in [0.15, 0.2) is 12.1 Å². The van der Waals surface area contributed by atoms with Crippen molar-refractivity contribution in [2.45, 2.75) is 25.3 Å². The van der Waals surface area contributed by atoms with E-state index in [9.17, 15) is 9.59 Å². The number of fused-ring (bicyclic) bond motifs is 3. The van der Waals surface area contributed by atoms with Crippen LogP contribution in [-0.2, 0) is 4.79 Å². The van der Waals surface area contributed by atoms with E-state index < -0.39 is 6.04 Å². The maximum Gasteiger partial charge on any atom is 0.260 e. The van der Waals surface area contributed by atoms with Crippen molar-refractivity contribution in [2.24, 2.45) is 5.92 Å². The second-order valence-electron chi connectivity index (χ2n) is 6.32. The van der Waals surface area contributed by atoms with Gasteiger partial charge >= 0.3 is 0 Å². The molecule has 1 saturated heterocycles. The zero-order valence-electron chi connectivity index (χ0n) is 14.3. The Morgan fingerprint density at radius 2 is 2.12 bits per heavy atom. The minimum atomic E-state index is -0.450. The van der Waals surface area contributed by atoms with Gasteiger partial charge in [0, 0.05) is 17.9 Å². The van der Waals surface area contributed by atoms with Crippen molar-refractivity contribution in [3.63, 3.8) is 0 Å². The van der Waals surface area contributed by atoms with Gasteiger partial charge in [-0.3, -0.25) is 9.59 Å². The number of amides is 2. The summed E-state index contributed by atoms with van der Waals surface area (Å²) in [5.41, 5.74) is 1.40. The van der Waals surface area contributed by atoms with E-state index in [0.717, 1.165) is 5.56 Å². The monoisotopic (exact) mass is 350 g/mol. The number of carbonyl (C=O) groups is 2. The van der Waals surface area contributed by atoms with E-state index in [0.29, 0.717) is 35.3 Å².